The van der Waals surface area contributed by atoms with Crippen molar-refractivity contribution in [2.24, 2.45) is 5.92 Å². The number of ether oxygens (including phenoxy) is 2. The lowest BCUT2D eigenvalue weighted by Gasteiger charge is -2.38. The third-order valence-electron chi connectivity index (χ3n) is 5.35. The van der Waals surface area contributed by atoms with E-state index in [1.807, 2.05) is 0 Å². The maximum Gasteiger partial charge on any atom is 0.207 e. The molecule has 1 fully saturated rings. The van der Waals surface area contributed by atoms with Crippen molar-refractivity contribution in [3.05, 3.63) is 28.8 Å². The number of hydrogen-bond acceptors (Lipinski definition) is 3. The van der Waals surface area contributed by atoms with Crippen molar-refractivity contribution in [3.8, 4) is 5.75 Å². The molecule has 1 aliphatic heterocycles. The molecule has 0 saturated heterocycles. The van der Waals surface area contributed by atoms with E-state index in [1.54, 1.807) is 7.11 Å². The number of hydrogen-bond donors (Lipinski definition) is 1. The predicted octanol–water partition coefficient (Wildman–Crippen LogP) is 3.31. The third kappa shape index (κ3) is 3.37. The van der Waals surface area contributed by atoms with Crippen molar-refractivity contribution in [1.29, 1.82) is 0 Å². The van der Waals surface area contributed by atoms with E-state index in [4.69, 9.17) is 9.47 Å². The Morgan fingerprint density at radius 2 is 2.09 bits per heavy atom. The lowest BCUT2D eigenvalue weighted by molar-refractivity contribution is -0.111. The number of carbonyl (C=O) groups is 1. The van der Waals surface area contributed by atoms with Gasteiger partial charge in [0.25, 0.3) is 0 Å². The highest BCUT2D eigenvalue weighted by atomic mass is 16.5. The minimum absolute atomic E-state index is 0.0784. The van der Waals surface area contributed by atoms with Gasteiger partial charge in [-0.3, -0.25) is 4.79 Å². The van der Waals surface area contributed by atoms with Crippen LogP contribution in [-0.2, 0) is 16.0 Å². The van der Waals surface area contributed by atoms with E-state index >= 15 is 0 Å². The zero-order valence-electron chi connectivity index (χ0n) is 14.1. The van der Waals surface area contributed by atoms with Crippen LogP contribution in [-0.4, -0.2) is 26.2 Å². The summed E-state index contributed by atoms with van der Waals surface area (Å²) in [7, 11) is 1.74. The molecule has 1 aliphatic carbocycles. The molecule has 1 amide bonds. The highest BCUT2D eigenvalue weighted by Crippen LogP contribution is 2.41. The molecule has 1 aromatic rings. The number of fused-ring (bicyclic) bond motifs is 1. The summed E-state index contributed by atoms with van der Waals surface area (Å²) >= 11 is 0. The van der Waals surface area contributed by atoms with Crippen LogP contribution in [0.4, 0.5) is 0 Å². The summed E-state index contributed by atoms with van der Waals surface area (Å²) in [5.74, 6) is 1.61. The summed E-state index contributed by atoms with van der Waals surface area (Å²) in [5.41, 5.74) is 3.60. The van der Waals surface area contributed by atoms with Gasteiger partial charge in [-0.1, -0.05) is 31.4 Å². The summed E-state index contributed by atoms with van der Waals surface area (Å²) in [5, 5.41) is 2.79. The van der Waals surface area contributed by atoms with Gasteiger partial charge in [-0.25, -0.2) is 0 Å². The molecule has 4 nitrogen and oxygen atoms in total. The minimum atomic E-state index is -0.0784. The molecule has 0 unspecified atom stereocenters. The summed E-state index contributed by atoms with van der Waals surface area (Å²) in [6.07, 6.45) is 8.28. The highest BCUT2D eigenvalue weighted by Gasteiger charge is 2.34. The largest absolute Gasteiger partial charge is 0.496 e. The fourth-order valence-electron chi connectivity index (χ4n) is 4.19. The summed E-state index contributed by atoms with van der Waals surface area (Å²) < 4.78 is 12.1. The van der Waals surface area contributed by atoms with Gasteiger partial charge in [-0.15, -0.1) is 0 Å². The average Bonchev–Trinajstić information content (AvgIpc) is 2.60. The van der Waals surface area contributed by atoms with Crippen molar-refractivity contribution in [2.45, 2.75) is 57.7 Å². The maximum absolute atomic E-state index is 10.7. The number of benzene rings is 1. The van der Waals surface area contributed by atoms with Gasteiger partial charge in [-0.2, -0.15) is 0 Å². The first-order valence-electron chi connectivity index (χ1n) is 8.73. The van der Waals surface area contributed by atoms with Crippen LogP contribution in [0.2, 0.25) is 0 Å². The number of nitrogens with one attached hydrogen (secondary N) is 1. The Morgan fingerprint density at radius 1 is 1.30 bits per heavy atom. The van der Waals surface area contributed by atoms with Crippen LogP contribution in [0.3, 0.4) is 0 Å². The number of carbonyl (C=O) groups excluding carboxylic acids is 1. The van der Waals surface area contributed by atoms with Crippen molar-refractivity contribution >= 4 is 6.41 Å². The van der Waals surface area contributed by atoms with E-state index in [2.05, 4.69) is 24.4 Å². The Bertz CT molecular complexity index is 552. The van der Waals surface area contributed by atoms with Crippen molar-refractivity contribution in [1.82, 2.24) is 5.32 Å². The van der Waals surface area contributed by atoms with E-state index in [-0.39, 0.29) is 12.2 Å². The van der Waals surface area contributed by atoms with Crippen molar-refractivity contribution in [2.75, 3.05) is 13.7 Å². The van der Waals surface area contributed by atoms with Gasteiger partial charge < -0.3 is 14.8 Å². The molecule has 0 aromatic heterocycles. The second-order valence-corrected chi connectivity index (χ2v) is 6.77. The molecule has 0 radical (unpaired) electrons. The van der Waals surface area contributed by atoms with Crippen LogP contribution in [0.5, 0.6) is 5.75 Å². The van der Waals surface area contributed by atoms with Gasteiger partial charge in [0.15, 0.2) is 0 Å². The SMILES string of the molecule is COc1c(C)ccc2c1C[C@@H](C1CCCCC1)O[C@H]2CNC=O. The molecule has 126 valence electrons. The van der Waals surface area contributed by atoms with Crippen LogP contribution in [0.1, 0.15) is 54.9 Å². The maximum atomic E-state index is 10.7. The minimum Gasteiger partial charge on any atom is -0.496 e. The molecule has 1 heterocycles. The van der Waals surface area contributed by atoms with Crippen LogP contribution in [0, 0.1) is 12.8 Å². The number of aryl methyl sites for hydroxylation is 1. The van der Waals surface area contributed by atoms with E-state index in [1.165, 1.54) is 37.7 Å². The third-order valence-corrected chi connectivity index (χ3v) is 5.35. The normalized spacial score (nSPS) is 24.8. The number of amides is 1. The lowest BCUT2D eigenvalue weighted by Crippen LogP contribution is -2.37. The smallest absolute Gasteiger partial charge is 0.207 e. The predicted molar refractivity (Wildman–Crippen MR) is 89.7 cm³/mol. The first kappa shape index (κ1) is 16.3. The molecule has 3 rings (SSSR count). The molecule has 2 aliphatic rings. The van der Waals surface area contributed by atoms with Crippen LogP contribution >= 0.6 is 0 Å². The molecule has 2 atom stereocenters. The first-order valence-corrected chi connectivity index (χ1v) is 8.73. The fraction of sp³-hybridized carbons (Fsp3) is 0.632. The Morgan fingerprint density at radius 3 is 2.78 bits per heavy atom. The van der Waals surface area contributed by atoms with E-state index < -0.39 is 0 Å². The Balaban J connectivity index is 1.91. The molecular weight excluding hydrogens is 290 g/mol. The standard InChI is InChI=1S/C19H27NO3/c1-13-8-9-15-16(19(13)22-2)10-17(14-6-4-3-5-7-14)23-18(15)11-20-12-21/h8-9,12,14,17-18H,3-7,10-11H2,1-2H3,(H,20,21)/t17-,18-/m0/s1. The van der Waals surface area contributed by atoms with E-state index in [0.29, 0.717) is 12.5 Å². The molecule has 4 heteroatoms. The zero-order valence-corrected chi connectivity index (χ0v) is 14.1. The average molecular weight is 317 g/mol. The van der Waals surface area contributed by atoms with Crippen molar-refractivity contribution in [3.63, 3.8) is 0 Å². The highest BCUT2D eigenvalue weighted by molar-refractivity contribution is 5.50. The fourth-order valence-corrected chi connectivity index (χ4v) is 4.19. The molecule has 23 heavy (non-hydrogen) atoms. The second kappa shape index (κ2) is 7.35. The van der Waals surface area contributed by atoms with Crippen LogP contribution < -0.4 is 10.1 Å². The monoisotopic (exact) mass is 317 g/mol. The quantitative estimate of drug-likeness (QED) is 0.848. The van der Waals surface area contributed by atoms with Crippen LogP contribution in [0.25, 0.3) is 0 Å². The van der Waals surface area contributed by atoms with Gasteiger partial charge >= 0.3 is 0 Å². The Kier molecular flexibility index (Phi) is 5.21. The Hall–Kier alpha value is -1.55. The van der Waals surface area contributed by atoms with E-state index in [0.717, 1.165) is 29.7 Å². The first-order chi connectivity index (χ1) is 11.2. The van der Waals surface area contributed by atoms with Crippen molar-refractivity contribution < 1.29 is 14.3 Å². The summed E-state index contributed by atoms with van der Waals surface area (Å²) in [4.78, 5) is 10.7. The topological polar surface area (TPSA) is 47.6 Å². The molecule has 0 bridgehead atoms. The van der Waals surface area contributed by atoms with Gasteiger partial charge in [0, 0.05) is 18.5 Å². The molecule has 1 aromatic carbocycles. The summed E-state index contributed by atoms with van der Waals surface area (Å²) in [6, 6.07) is 4.21. The van der Waals surface area contributed by atoms with Gasteiger partial charge in [0.2, 0.25) is 6.41 Å². The number of rotatable bonds is 5. The van der Waals surface area contributed by atoms with Gasteiger partial charge in [0.1, 0.15) is 11.9 Å². The molecular formula is C19H27NO3. The Labute approximate surface area is 138 Å². The van der Waals surface area contributed by atoms with Crippen LogP contribution in [0.15, 0.2) is 12.1 Å². The van der Waals surface area contributed by atoms with E-state index in [9.17, 15) is 4.79 Å². The van der Waals surface area contributed by atoms with Gasteiger partial charge in [0.05, 0.1) is 13.2 Å². The second-order valence-electron chi connectivity index (χ2n) is 6.77. The molecule has 0 spiro atoms. The lowest BCUT2D eigenvalue weighted by atomic mass is 9.80. The zero-order chi connectivity index (χ0) is 16.2. The molecule has 1 N–H and O–H groups in total. The molecule has 1 saturated carbocycles. The number of methoxy groups -OCH3 is 1. The van der Waals surface area contributed by atoms with Gasteiger partial charge in [-0.05, 0) is 36.8 Å². The summed E-state index contributed by atoms with van der Waals surface area (Å²) in [6.45, 7) is 2.61.